The van der Waals surface area contributed by atoms with Gasteiger partial charge >= 0.3 is 0 Å². The van der Waals surface area contributed by atoms with Crippen LogP contribution in [0.4, 0.5) is 0 Å². The smallest absolute Gasteiger partial charge is 0.135 e. The van der Waals surface area contributed by atoms with Gasteiger partial charge in [-0.15, -0.1) is 22.7 Å². The van der Waals surface area contributed by atoms with Crippen LogP contribution in [0.15, 0.2) is 36.4 Å². The van der Waals surface area contributed by atoms with E-state index >= 15 is 0 Å². The van der Waals surface area contributed by atoms with Crippen molar-refractivity contribution in [3.05, 3.63) is 51.2 Å². The van der Waals surface area contributed by atoms with Gasteiger partial charge in [0.25, 0.3) is 0 Å². The summed E-state index contributed by atoms with van der Waals surface area (Å²) in [4.78, 5) is 6.85. The van der Waals surface area contributed by atoms with Gasteiger partial charge in [0.15, 0.2) is 0 Å². The van der Waals surface area contributed by atoms with Crippen molar-refractivity contribution in [3.8, 4) is 6.07 Å². The van der Waals surface area contributed by atoms with E-state index in [-0.39, 0.29) is 0 Å². The van der Waals surface area contributed by atoms with Crippen LogP contribution < -0.4 is 0 Å². The van der Waals surface area contributed by atoms with Gasteiger partial charge in [-0.1, -0.05) is 12.1 Å². The first kappa shape index (κ1) is 12.1. The fourth-order valence-electron chi connectivity index (χ4n) is 1.80. The Kier molecular flexibility index (Phi) is 3.16. The highest BCUT2D eigenvalue weighted by molar-refractivity contribution is 7.19. The number of nitrogens with zero attached hydrogens (tertiary/aromatic N) is 2. The van der Waals surface area contributed by atoms with Gasteiger partial charge in [-0.3, -0.25) is 0 Å². The normalized spacial score (nSPS) is 11.7. The van der Waals surface area contributed by atoms with Gasteiger partial charge in [0.1, 0.15) is 11.1 Å². The Bertz CT molecular complexity index is 770. The van der Waals surface area contributed by atoms with Crippen molar-refractivity contribution in [2.24, 2.45) is 0 Å². The Morgan fingerprint density at radius 1 is 1.21 bits per heavy atom. The lowest BCUT2D eigenvalue weighted by molar-refractivity contribution is 1.44. The average molecular weight is 282 g/mol. The molecule has 0 saturated carbocycles. The van der Waals surface area contributed by atoms with E-state index in [4.69, 9.17) is 0 Å². The third-order valence-corrected chi connectivity index (χ3v) is 4.71. The fraction of sp³-hybridized carbons (Fsp3) is 0.0667. The first-order valence-corrected chi connectivity index (χ1v) is 7.44. The van der Waals surface area contributed by atoms with E-state index in [9.17, 15) is 5.26 Å². The lowest BCUT2D eigenvalue weighted by Crippen LogP contribution is -1.78. The SMILES string of the molecule is Cc1ccc(/C=C(\C#N)c2nc3ccccc3s2)s1. The Morgan fingerprint density at radius 3 is 2.74 bits per heavy atom. The first-order valence-electron chi connectivity index (χ1n) is 5.80. The number of benzene rings is 1. The molecule has 0 fully saturated rings. The molecule has 0 aliphatic heterocycles. The molecule has 0 unspecified atom stereocenters. The molecule has 2 heterocycles. The molecule has 1 aromatic carbocycles. The van der Waals surface area contributed by atoms with Crippen LogP contribution in [0.25, 0.3) is 21.9 Å². The Morgan fingerprint density at radius 2 is 2.05 bits per heavy atom. The van der Waals surface area contributed by atoms with E-state index in [1.54, 1.807) is 22.7 Å². The minimum Gasteiger partial charge on any atom is -0.235 e. The fourth-order valence-corrected chi connectivity index (χ4v) is 3.55. The molecule has 2 aromatic heterocycles. The second kappa shape index (κ2) is 4.96. The Hall–Kier alpha value is -1.96. The van der Waals surface area contributed by atoms with Crippen molar-refractivity contribution in [2.45, 2.75) is 6.92 Å². The largest absolute Gasteiger partial charge is 0.235 e. The highest BCUT2D eigenvalue weighted by atomic mass is 32.1. The number of fused-ring (bicyclic) bond motifs is 1. The van der Waals surface area contributed by atoms with Gasteiger partial charge in [0, 0.05) is 9.75 Å². The minimum atomic E-state index is 0.628. The summed E-state index contributed by atoms with van der Waals surface area (Å²) in [7, 11) is 0. The van der Waals surface area contributed by atoms with E-state index in [1.165, 1.54) is 4.88 Å². The van der Waals surface area contributed by atoms with E-state index in [0.717, 1.165) is 20.1 Å². The number of thiophene rings is 1. The summed E-state index contributed by atoms with van der Waals surface area (Å²) in [5, 5.41) is 10.1. The van der Waals surface area contributed by atoms with Gasteiger partial charge < -0.3 is 0 Å². The van der Waals surface area contributed by atoms with Crippen LogP contribution >= 0.6 is 22.7 Å². The second-order valence-electron chi connectivity index (χ2n) is 4.10. The van der Waals surface area contributed by atoms with Crippen molar-refractivity contribution in [2.75, 3.05) is 0 Å². The number of thiazole rings is 1. The van der Waals surface area contributed by atoms with Crippen LogP contribution in [0.5, 0.6) is 0 Å². The summed E-state index contributed by atoms with van der Waals surface area (Å²) in [6.45, 7) is 2.06. The second-order valence-corrected chi connectivity index (χ2v) is 6.46. The van der Waals surface area contributed by atoms with Gasteiger partial charge in [0.2, 0.25) is 0 Å². The number of allylic oxidation sites excluding steroid dienone is 1. The predicted molar refractivity (Wildman–Crippen MR) is 82.2 cm³/mol. The van der Waals surface area contributed by atoms with Crippen LogP contribution in [-0.2, 0) is 0 Å². The number of aryl methyl sites for hydroxylation is 1. The predicted octanol–water partition coefficient (Wildman–Crippen LogP) is 4.73. The highest BCUT2D eigenvalue weighted by Crippen LogP contribution is 2.29. The molecule has 0 bridgehead atoms. The molecule has 0 amide bonds. The Balaban J connectivity index is 2.07. The lowest BCUT2D eigenvalue weighted by Gasteiger charge is -1.90. The first-order chi connectivity index (χ1) is 9.26. The van der Waals surface area contributed by atoms with Gasteiger partial charge in [0.05, 0.1) is 15.8 Å². The van der Waals surface area contributed by atoms with Crippen LogP contribution in [0, 0.1) is 18.3 Å². The Labute approximate surface area is 119 Å². The van der Waals surface area contributed by atoms with Crippen molar-refractivity contribution in [1.82, 2.24) is 4.98 Å². The van der Waals surface area contributed by atoms with E-state index < -0.39 is 0 Å². The standard InChI is InChI=1S/C15H10N2S2/c1-10-6-7-12(18-10)8-11(9-16)15-17-13-4-2-3-5-14(13)19-15/h2-8H,1H3/b11-8+. The summed E-state index contributed by atoms with van der Waals surface area (Å²) >= 11 is 3.24. The molecule has 19 heavy (non-hydrogen) atoms. The number of aromatic nitrogens is 1. The topological polar surface area (TPSA) is 36.7 Å². The molecule has 2 nitrogen and oxygen atoms in total. The molecule has 0 aliphatic rings. The molecule has 92 valence electrons. The van der Waals surface area contributed by atoms with E-state index in [0.29, 0.717) is 5.57 Å². The summed E-state index contributed by atoms with van der Waals surface area (Å²) in [6.07, 6.45) is 1.91. The van der Waals surface area contributed by atoms with Crippen molar-refractivity contribution < 1.29 is 0 Å². The molecule has 0 N–H and O–H groups in total. The van der Waals surface area contributed by atoms with Crippen LogP contribution in [0.2, 0.25) is 0 Å². The molecule has 0 aliphatic carbocycles. The maximum absolute atomic E-state index is 9.33. The summed E-state index contributed by atoms with van der Waals surface area (Å²) in [6, 6.07) is 14.3. The molecule has 3 rings (SSSR count). The lowest BCUT2D eigenvalue weighted by atomic mass is 10.2. The van der Waals surface area contributed by atoms with Gasteiger partial charge in [-0.05, 0) is 37.3 Å². The zero-order chi connectivity index (χ0) is 13.2. The van der Waals surface area contributed by atoms with E-state index in [1.807, 2.05) is 36.4 Å². The van der Waals surface area contributed by atoms with E-state index in [2.05, 4.69) is 24.0 Å². The van der Waals surface area contributed by atoms with Gasteiger partial charge in [-0.25, -0.2) is 4.98 Å². The quantitative estimate of drug-likeness (QED) is 0.637. The molecular formula is C15H10N2S2. The van der Waals surface area contributed by atoms with Gasteiger partial charge in [-0.2, -0.15) is 5.26 Å². The molecule has 3 aromatic rings. The summed E-state index contributed by atoms with van der Waals surface area (Å²) in [5.41, 5.74) is 1.58. The summed E-state index contributed by atoms with van der Waals surface area (Å²) in [5.74, 6) is 0. The zero-order valence-electron chi connectivity index (χ0n) is 10.3. The van der Waals surface area contributed by atoms with Crippen LogP contribution in [-0.4, -0.2) is 4.98 Å². The number of rotatable bonds is 2. The van der Waals surface area contributed by atoms with Crippen molar-refractivity contribution in [3.63, 3.8) is 0 Å². The van der Waals surface area contributed by atoms with Crippen LogP contribution in [0.1, 0.15) is 14.8 Å². The molecular weight excluding hydrogens is 272 g/mol. The number of hydrogen-bond acceptors (Lipinski definition) is 4. The van der Waals surface area contributed by atoms with Crippen molar-refractivity contribution >= 4 is 44.5 Å². The molecule has 0 radical (unpaired) electrons. The zero-order valence-corrected chi connectivity index (χ0v) is 11.9. The third-order valence-electron chi connectivity index (χ3n) is 2.69. The number of para-hydroxylation sites is 1. The van der Waals surface area contributed by atoms with Crippen LogP contribution in [0.3, 0.4) is 0 Å². The highest BCUT2D eigenvalue weighted by Gasteiger charge is 2.08. The monoisotopic (exact) mass is 282 g/mol. The maximum atomic E-state index is 9.33. The molecule has 0 atom stereocenters. The molecule has 0 spiro atoms. The molecule has 4 heteroatoms. The maximum Gasteiger partial charge on any atom is 0.135 e. The summed E-state index contributed by atoms with van der Waals surface area (Å²) < 4.78 is 1.11. The number of hydrogen-bond donors (Lipinski definition) is 0. The van der Waals surface area contributed by atoms with Crippen molar-refractivity contribution in [1.29, 1.82) is 5.26 Å². The average Bonchev–Trinajstić information content (AvgIpc) is 3.01. The molecule has 0 saturated heterocycles. The number of nitriles is 1. The minimum absolute atomic E-state index is 0.628. The third kappa shape index (κ3) is 2.43.